The van der Waals surface area contributed by atoms with Gasteiger partial charge in [0, 0.05) is 11.1 Å². The Morgan fingerprint density at radius 3 is 2.70 bits per heavy atom. The van der Waals surface area contributed by atoms with Crippen LogP contribution in [0.25, 0.3) is 0 Å². The van der Waals surface area contributed by atoms with Gasteiger partial charge in [-0.05, 0) is 30.9 Å². The lowest BCUT2D eigenvalue weighted by Crippen LogP contribution is -2.17. The topological polar surface area (TPSA) is 69.4 Å². The summed E-state index contributed by atoms with van der Waals surface area (Å²) in [6.07, 6.45) is 5.62. The number of nitrogens with zero attached hydrogens (tertiary/aromatic N) is 1. The maximum Gasteiger partial charge on any atom is 0.345 e. The van der Waals surface area contributed by atoms with Crippen LogP contribution in [0.3, 0.4) is 0 Å². The van der Waals surface area contributed by atoms with Crippen molar-refractivity contribution in [3.8, 4) is 0 Å². The molecule has 0 unspecified atom stereocenters. The first-order valence-corrected chi connectivity index (χ1v) is 7.07. The number of carbonyl (C=O) groups is 1. The Kier molecular flexibility index (Phi) is 4.95. The minimum absolute atomic E-state index is 0.0849. The molecule has 1 aliphatic rings. The second-order valence-corrected chi connectivity index (χ2v) is 5.46. The maximum absolute atomic E-state index is 12.0. The number of carbonyl (C=O) groups excluding carboxylic acids is 1. The molecule has 0 aliphatic heterocycles. The maximum atomic E-state index is 12.0. The zero-order valence-corrected chi connectivity index (χ0v) is 11.8. The highest BCUT2D eigenvalue weighted by Crippen LogP contribution is 2.26. The summed E-state index contributed by atoms with van der Waals surface area (Å²) in [7, 11) is 0. The Morgan fingerprint density at radius 1 is 1.35 bits per heavy atom. The quantitative estimate of drug-likeness (QED) is 0.479. The van der Waals surface area contributed by atoms with E-state index < -0.39 is 10.9 Å². The average molecular weight is 298 g/mol. The van der Waals surface area contributed by atoms with Crippen LogP contribution in [-0.4, -0.2) is 17.5 Å². The number of ether oxygens (including phenoxy) is 1. The molecule has 1 aliphatic carbocycles. The molecule has 0 bridgehead atoms. The Hall–Kier alpha value is -1.62. The summed E-state index contributed by atoms with van der Waals surface area (Å²) >= 11 is 5.78. The van der Waals surface area contributed by atoms with Crippen molar-refractivity contribution in [2.45, 2.75) is 32.1 Å². The molecule has 1 saturated carbocycles. The largest absolute Gasteiger partial charge is 0.462 e. The summed E-state index contributed by atoms with van der Waals surface area (Å²) in [5.41, 5.74) is -0.360. The fourth-order valence-corrected chi connectivity index (χ4v) is 2.63. The molecule has 6 heteroatoms. The lowest BCUT2D eigenvalue weighted by atomic mass is 9.90. The second-order valence-electron chi connectivity index (χ2n) is 5.02. The van der Waals surface area contributed by atoms with Crippen LogP contribution in [-0.2, 0) is 4.74 Å². The van der Waals surface area contributed by atoms with Crippen molar-refractivity contribution >= 4 is 23.3 Å². The van der Waals surface area contributed by atoms with E-state index in [0.717, 1.165) is 25.7 Å². The van der Waals surface area contributed by atoms with Crippen LogP contribution in [0.1, 0.15) is 42.5 Å². The van der Waals surface area contributed by atoms with E-state index >= 15 is 0 Å². The molecule has 0 spiro atoms. The minimum atomic E-state index is -0.676. The Balaban J connectivity index is 2.04. The highest BCUT2D eigenvalue weighted by molar-refractivity contribution is 6.31. The van der Waals surface area contributed by atoms with Crippen LogP contribution in [0.15, 0.2) is 18.2 Å². The first-order chi connectivity index (χ1) is 9.58. The highest BCUT2D eigenvalue weighted by Gasteiger charge is 2.23. The van der Waals surface area contributed by atoms with E-state index in [2.05, 4.69) is 0 Å². The highest BCUT2D eigenvalue weighted by atomic mass is 35.5. The van der Waals surface area contributed by atoms with Gasteiger partial charge in [0.05, 0.1) is 11.5 Å². The second kappa shape index (κ2) is 6.70. The molecule has 1 fully saturated rings. The number of nitro benzene ring substituents is 1. The number of benzene rings is 1. The van der Waals surface area contributed by atoms with Crippen LogP contribution in [0.4, 0.5) is 5.69 Å². The van der Waals surface area contributed by atoms with Crippen molar-refractivity contribution < 1.29 is 14.5 Å². The predicted octanol–water partition coefficient (Wildman–Crippen LogP) is 3.99. The summed E-state index contributed by atoms with van der Waals surface area (Å²) in [4.78, 5) is 22.3. The number of rotatable bonds is 4. The molecule has 2 rings (SSSR count). The molecule has 0 saturated heterocycles. The third-order valence-electron chi connectivity index (χ3n) is 3.55. The normalized spacial score (nSPS) is 15.8. The molecule has 0 atom stereocenters. The van der Waals surface area contributed by atoms with Crippen molar-refractivity contribution in [1.82, 2.24) is 0 Å². The monoisotopic (exact) mass is 297 g/mol. The smallest absolute Gasteiger partial charge is 0.345 e. The van der Waals surface area contributed by atoms with Gasteiger partial charge in [0.1, 0.15) is 5.56 Å². The van der Waals surface area contributed by atoms with Crippen molar-refractivity contribution in [3.05, 3.63) is 38.9 Å². The molecular weight excluding hydrogens is 282 g/mol. The van der Waals surface area contributed by atoms with Gasteiger partial charge in [-0.15, -0.1) is 0 Å². The standard InChI is InChI=1S/C14H16ClNO4/c15-11-6-7-13(16(18)19)12(8-11)14(17)20-9-10-4-2-1-3-5-10/h6-8,10H,1-5,9H2. The fourth-order valence-electron chi connectivity index (χ4n) is 2.46. The molecule has 0 heterocycles. The van der Waals surface area contributed by atoms with Crippen LogP contribution in [0, 0.1) is 16.0 Å². The van der Waals surface area contributed by atoms with E-state index in [4.69, 9.17) is 16.3 Å². The third kappa shape index (κ3) is 3.70. The Bertz CT molecular complexity index is 512. The van der Waals surface area contributed by atoms with Crippen molar-refractivity contribution in [3.63, 3.8) is 0 Å². The Labute approximate surface area is 122 Å². The van der Waals surface area contributed by atoms with E-state index in [-0.39, 0.29) is 16.3 Å². The molecule has 20 heavy (non-hydrogen) atoms. The van der Waals surface area contributed by atoms with E-state index in [0.29, 0.717) is 12.5 Å². The number of halogens is 1. The molecule has 1 aromatic carbocycles. The van der Waals surface area contributed by atoms with Crippen molar-refractivity contribution in [2.24, 2.45) is 5.92 Å². The average Bonchev–Trinajstić information content (AvgIpc) is 2.45. The van der Waals surface area contributed by atoms with Gasteiger partial charge >= 0.3 is 5.97 Å². The van der Waals surface area contributed by atoms with Gasteiger partial charge < -0.3 is 4.74 Å². The molecule has 0 aromatic heterocycles. The summed E-state index contributed by atoms with van der Waals surface area (Å²) in [6, 6.07) is 3.89. The predicted molar refractivity (Wildman–Crippen MR) is 75.0 cm³/mol. The molecule has 0 radical (unpaired) electrons. The Morgan fingerprint density at radius 2 is 2.05 bits per heavy atom. The molecule has 1 aromatic rings. The molecule has 0 amide bonds. The number of hydrogen-bond acceptors (Lipinski definition) is 4. The van der Waals surface area contributed by atoms with Crippen LogP contribution in [0.5, 0.6) is 0 Å². The van der Waals surface area contributed by atoms with Gasteiger partial charge in [-0.25, -0.2) is 4.79 Å². The van der Waals surface area contributed by atoms with Crippen LogP contribution < -0.4 is 0 Å². The SMILES string of the molecule is O=C(OCC1CCCCC1)c1cc(Cl)ccc1[N+](=O)[O-]. The van der Waals surface area contributed by atoms with Gasteiger partial charge in [0.2, 0.25) is 0 Å². The minimum Gasteiger partial charge on any atom is -0.462 e. The lowest BCUT2D eigenvalue weighted by Gasteiger charge is -2.20. The van der Waals surface area contributed by atoms with Crippen LogP contribution in [0.2, 0.25) is 5.02 Å². The summed E-state index contributed by atoms with van der Waals surface area (Å²) in [6.45, 7) is 0.322. The summed E-state index contributed by atoms with van der Waals surface area (Å²) in [5, 5.41) is 11.2. The number of esters is 1. The van der Waals surface area contributed by atoms with Crippen molar-refractivity contribution in [2.75, 3.05) is 6.61 Å². The lowest BCUT2D eigenvalue weighted by molar-refractivity contribution is -0.385. The first kappa shape index (κ1) is 14.8. The molecule has 108 valence electrons. The van der Waals surface area contributed by atoms with Crippen LogP contribution >= 0.6 is 11.6 Å². The zero-order chi connectivity index (χ0) is 14.5. The fraction of sp³-hybridized carbons (Fsp3) is 0.500. The van der Waals surface area contributed by atoms with Gasteiger partial charge in [-0.3, -0.25) is 10.1 Å². The molecular formula is C14H16ClNO4. The number of nitro groups is 1. The van der Waals surface area contributed by atoms with E-state index in [1.807, 2.05) is 0 Å². The van der Waals surface area contributed by atoms with E-state index in [1.165, 1.54) is 24.6 Å². The zero-order valence-electron chi connectivity index (χ0n) is 11.0. The third-order valence-corrected chi connectivity index (χ3v) is 3.79. The summed E-state index contributed by atoms with van der Waals surface area (Å²) in [5.74, 6) is -0.310. The summed E-state index contributed by atoms with van der Waals surface area (Å²) < 4.78 is 5.21. The van der Waals surface area contributed by atoms with E-state index in [1.54, 1.807) is 0 Å². The molecule has 5 nitrogen and oxygen atoms in total. The van der Waals surface area contributed by atoms with Gasteiger partial charge in [0.25, 0.3) is 5.69 Å². The van der Waals surface area contributed by atoms with Gasteiger partial charge in [-0.2, -0.15) is 0 Å². The molecule has 0 N–H and O–H groups in total. The van der Waals surface area contributed by atoms with Crippen molar-refractivity contribution in [1.29, 1.82) is 0 Å². The first-order valence-electron chi connectivity index (χ1n) is 6.69. The van der Waals surface area contributed by atoms with Gasteiger partial charge in [0.15, 0.2) is 0 Å². The number of hydrogen-bond donors (Lipinski definition) is 0. The van der Waals surface area contributed by atoms with Gasteiger partial charge in [-0.1, -0.05) is 30.9 Å². The van der Waals surface area contributed by atoms with E-state index in [9.17, 15) is 14.9 Å².